The van der Waals surface area contributed by atoms with Crippen LogP contribution in [-0.4, -0.2) is 31.9 Å². The first-order chi connectivity index (χ1) is 12.1. The summed E-state index contributed by atoms with van der Waals surface area (Å²) in [6, 6.07) is 14.4. The van der Waals surface area contributed by atoms with Gasteiger partial charge in [-0.1, -0.05) is 0 Å². The third-order valence-corrected chi connectivity index (χ3v) is 3.45. The molecule has 0 heterocycles. The summed E-state index contributed by atoms with van der Waals surface area (Å²) in [5.74, 6) is 1.35. The third-order valence-electron chi connectivity index (χ3n) is 3.45. The highest BCUT2D eigenvalue weighted by Crippen LogP contribution is 2.16. The number of amides is 1. The van der Waals surface area contributed by atoms with E-state index in [0.29, 0.717) is 6.61 Å². The zero-order chi connectivity index (χ0) is 18.1. The van der Waals surface area contributed by atoms with E-state index in [1.54, 1.807) is 20.2 Å². The van der Waals surface area contributed by atoms with Gasteiger partial charge in [0.25, 0.3) is 5.91 Å². The summed E-state index contributed by atoms with van der Waals surface area (Å²) in [4.78, 5) is 12.1. The molecule has 0 aliphatic carbocycles. The monoisotopic (exact) mass is 341 g/mol. The highest BCUT2D eigenvalue weighted by Gasteiger charge is 2.11. The van der Waals surface area contributed by atoms with Crippen LogP contribution in [0.5, 0.6) is 11.5 Å². The molecule has 0 aromatic heterocycles. The van der Waals surface area contributed by atoms with Crippen LogP contribution in [0.3, 0.4) is 0 Å². The summed E-state index contributed by atoms with van der Waals surface area (Å²) >= 11 is 0. The van der Waals surface area contributed by atoms with Gasteiger partial charge in [-0.3, -0.25) is 4.79 Å². The van der Waals surface area contributed by atoms with Crippen molar-refractivity contribution < 1.29 is 14.3 Å². The first-order valence-corrected chi connectivity index (χ1v) is 8.08. The van der Waals surface area contributed by atoms with Crippen LogP contribution in [0.15, 0.2) is 53.6 Å². The van der Waals surface area contributed by atoms with Gasteiger partial charge in [0, 0.05) is 5.69 Å². The molecule has 0 fully saturated rings. The molecule has 0 saturated heterocycles. The van der Waals surface area contributed by atoms with Crippen LogP contribution < -0.4 is 20.2 Å². The Labute approximate surface area is 147 Å². The van der Waals surface area contributed by atoms with Crippen LogP contribution in [0.1, 0.15) is 19.4 Å². The van der Waals surface area contributed by atoms with Gasteiger partial charge in [-0.05, 0) is 67.9 Å². The van der Waals surface area contributed by atoms with Crippen LogP contribution in [0.2, 0.25) is 0 Å². The summed E-state index contributed by atoms with van der Waals surface area (Å²) in [6.45, 7) is 4.33. The molecule has 0 radical (unpaired) electrons. The second kappa shape index (κ2) is 9.32. The molecule has 2 aromatic rings. The van der Waals surface area contributed by atoms with Crippen LogP contribution in [0.25, 0.3) is 0 Å². The molecule has 0 aliphatic rings. The van der Waals surface area contributed by atoms with Crippen molar-refractivity contribution in [3.8, 4) is 11.5 Å². The Bertz CT molecular complexity index is 697. The van der Waals surface area contributed by atoms with Crippen LogP contribution in [0, 0.1) is 0 Å². The molecule has 2 aromatic carbocycles. The summed E-state index contributed by atoms with van der Waals surface area (Å²) in [7, 11) is 1.61. The zero-order valence-electron chi connectivity index (χ0n) is 14.7. The van der Waals surface area contributed by atoms with Gasteiger partial charge in [0.2, 0.25) is 0 Å². The molecule has 0 spiro atoms. The van der Waals surface area contributed by atoms with Crippen LogP contribution in [-0.2, 0) is 4.79 Å². The van der Waals surface area contributed by atoms with Crippen molar-refractivity contribution in [2.45, 2.75) is 19.9 Å². The molecule has 0 unspecified atom stereocenters. The number of nitrogens with one attached hydrogen (secondary N) is 2. The largest absolute Gasteiger partial charge is 0.497 e. The maximum Gasteiger partial charge on any atom is 0.262 e. The first kappa shape index (κ1) is 18.3. The van der Waals surface area contributed by atoms with E-state index in [-0.39, 0.29) is 5.91 Å². The van der Waals surface area contributed by atoms with E-state index in [1.807, 2.05) is 55.5 Å². The molecule has 132 valence electrons. The van der Waals surface area contributed by atoms with Gasteiger partial charge in [-0.2, -0.15) is 5.10 Å². The number of hydrogen-bond donors (Lipinski definition) is 2. The van der Waals surface area contributed by atoms with E-state index >= 15 is 0 Å². The third kappa shape index (κ3) is 5.84. The number of hydrogen-bond acceptors (Lipinski definition) is 5. The number of benzene rings is 2. The van der Waals surface area contributed by atoms with Crippen molar-refractivity contribution in [1.82, 2.24) is 5.43 Å². The summed E-state index contributed by atoms with van der Waals surface area (Å²) in [6.07, 6.45) is 1.58. The van der Waals surface area contributed by atoms with E-state index in [1.165, 1.54) is 0 Å². The Hall–Kier alpha value is -3.02. The first-order valence-electron chi connectivity index (χ1n) is 8.08. The lowest BCUT2D eigenvalue weighted by Crippen LogP contribution is -2.34. The molecular formula is C19H23N3O3. The highest BCUT2D eigenvalue weighted by atomic mass is 16.5. The van der Waals surface area contributed by atoms with E-state index in [2.05, 4.69) is 15.8 Å². The molecule has 6 heteroatoms. The minimum atomic E-state index is -0.425. The second-order valence-electron chi connectivity index (χ2n) is 5.33. The van der Waals surface area contributed by atoms with Gasteiger partial charge in [-0.15, -0.1) is 0 Å². The molecule has 25 heavy (non-hydrogen) atoms. The fraction of sp³-hybridized carbons (Fsp3) is 0.263. The minimum absolute atomic E-state index is 0.223. The van der Waals surface area contributed by atoms with Gasteiger partial charge in [-0.25, -0.2) is 5.43 Å². The van der Waals surface area contributed by atoms with Crippen molar-refractivity contribution in [2.75, 3.05) is 19.0 Å². The molecule has 2 rings (SSSR count). The van der Waals surface area contributed by atoms with Crippen molar-refractivity contribution in [2.24, 2.45) is 5.10 Å². The number of rotatable bonds is 8. The predicted octanol–water partition coefficient (Wildman–Crippen LogP) is 3.04. The lowest BCUT2D eigenvalue weighted by Gasteiger charge is -2.14. The molecular weight excluding hydrogens is 318 g/mol. The van der Waals surface area contributed by atoms with E-state index in [0.717, 1.165) is 22.7 Å². The SMILES string of the molecule is CCOc1ccc(N[C@@H](C)C(=O)N/N=C\c2ccc(OC)cc2)cc1. The van der Waals surface area contributed by atoms with Gasteiger partial charge in [0.15, 0.2) is 0 Å². The lowest BCUT2D eigenvalue weighted by molar-refractivity contribution is -0.121. The Kier molecular flexibility index (Phi) is 6.83. The number of ether oxygens (including phenoxy) is 2. The summed E-state index contributed by atoms with van der Waals surface area (Å²) in [5, 5.41) is 7.09. The number of anilines is 1. The van der Waals surface area contributed by atoms with E-state index in [4.69, 9.17) is 9.47 Å². The standard InChI is InChI=1S/C19H23N3O3/c1-4-25-18-11-7-16(8-12-18)21-14(2)19(23)22-20-13-15-5-9-17(24-3)10-6-15/h5-14,21H,4H2,1-3H3,(H,22,23)/b20-13-/t14-/m0/s1. The molecule has 2 N–H and O–H groups in total. The van der Waals surface area contributed by atoms with Crippen molar-refractivity contribution >= 4 is 17.8 Å². The predicted molar refractivity (Wildman–Crippen MR) is 99.4 cm³/mol. The van der Waals surface area contributed by atoms with Crippen molar-refractivity contribution in [3.63, 3.8) is 0 Å². The fourth-order valence-electron chi connectivity index (χ4n) is 2.09. The summed E-state index contributed by atoms with van der Waals surface area (Å²) in [5.41, 5.74) is 4.23. The van der Waals surface area contributed by atoms with Gasteiger partial charge in [0.05, 0.1) is 19.9 Å². The van der Waals surface area contributed by atoms with E-state index in [9.17, 15) is 4.79 Å². The molecule has 6 nitrogen and oxygen atoms in total. The minimum Gasteiger partial charge on any atom is -0.497 e. The quantitative estimate of drug-likeness (QED) is 0.572. The number of carbonyl (C=O) groups is 1. The molecule has 0 saturated carbocycles. The number of carbonyl (C=O) groups excluding carboxylic acids is 1. The fourth-order valence-corrected chi connectivity index (χ4v) is 2.09. The van der Waals surface area contributed by atoms with Crippen molar-refractivity contribution in [1.29, 1.82) is 0 Å². The van der Waals surface area contributed by atoms with Crippen molar-refractivity contribution in [3.05, 3.63) is 54.1 Å². The second-order valence-corrected chi connectivity index (χ2v) is 5.33. The Morgan fingerprint density at radius 1 is 1.12 bits per heavy atom. The molecule has 1 amide bonds. The number of hydrazone groups is 1. The zero-order valence-corrected chi connectivity index (χ0v) is 14.7. The van der Waals surface area contributed by atoms with Gasteiger partial charge >= 0.3 is 0 Å². The van der Waals surface area contributed by atoms with Gasteiger partial charge in [0.1, 0.15) is 17.5 Å². The maximum atomic E-state index is 12.1. The Morgan fingerprint density at radius 2 is 1.76 bits per heavy atom. The number of nitrogens with zero attached hydrogens (tertiary/aromatic N) is 1. The van der Waals surface area contributed by atoms with Gasteiger partial charge < -0.3 is 14.8 Å². The number of methoxy groups -OCH3 is 1. The Balaban J connectivity index is 1.83. The lowest BCUT2D eigenvalue weighted by atomic mass is 10.2. The highest BCUT2D eigenvalue weighted by molar-refractivity contribution is 5.86. The van der Waals surface area contributed by atoms with E-state index < -0.39 is 6.04 Å². The molecule has 0 bridgehead atoms. The smallest absolute Gasteiger partial charge is 0.262 e. The molecule has 0 aliphatic heterocycles. The Morgan fingerprint density at radius 3 is 2.36 bits per heavy atom. The average molecular weight is 341 g/mol. The normalized spacial score (nSPS) is 11.8. The van der Waals surface area contributed by atoms with Crippen LogP contribution >= 0.6 is 0 Å². The maximum absolute atomic E-state index is 12.1. The van der Waals surface area contributed by atoms with Crippen LogP contribution in [0.4, 0.5) is 5.69 Å². The topological polar surface area (TPSA) is 72.0 Å². The summed E-state index contributed by atoms with van der Waals surface area (Å²) < 4.78 is 10.5. The average Bonchev–Trinajstić information content (AvgIpc) is 2.64. The molecule has 1 atom stereocenters.